The molecule has 1 amide bonds. The molecule has 24 heavy (non-hydrogen) atoms. The van der Waals surface area contributed by atoms with Gasteiger partial charge in [0.1, 0.15) is 5.52 Å². The number of benzene rings is 1. The maximum Gasteiger partial charge on any atom is 0.313 e. The van der Waals surface area contributed by atoms with Crippen molar-refractivity contribution in [3.63, 3.8) is 0 Å². The standard InChI is InChI=1S/C16H20N4O4/c1-3-19(7-6-17-11-21)10-12-8-13-4-5-14(20(22)23)16(24-2)15(13)18-9-12/h4-5,8-9,11H,3,6-7,10H2,1-2H3,(H,17,21). The topological polar surface area (TPSA) is 97.6 Å². The first-order valence-electron chi connectivity index (χ1n) is 7.60. The summed E-state index contributed by atoms with van der Waals surface area (Å²) in [5.74, 6) is 0.173. The van der Waals surface area contributed by atoms with Crippen LogP contribution < -0.4 is 10.1 Å². The van der Waals surface area contributed by atoms with Gasteiger partial charge in [0.25, 0.3) is 0 Å². The number of methoxy groups -OCH3 is 1. The predicted octanol–water partition coefficient (Wildman–Crippen LogP) is 1.72. The molecule has 0 aliphatic heterocycles. The largest absolute Gasteiger partial charge is 0.489 e. The van der Waals surface area contributed by atoms with Crippen molar-refractivity contribution in [1.29, 1.82) is 0 Å². The third-order valence-corrected chi connectivity index (χ3v) is 3.75. The maximum atomic E-state index is 11.1. The van der Waals surface area contributed by atoms with Crippen molar-refractivity contribution in [2.24, 2.45) is 0 Å². The van der Waals surface area contributed by atoms with Gasteiger partial charge in [-0.1, -0.05) is 6.92 Å². The molecule has 8 heteroatoms. The SMILES string of the molecule is CCN(CCNC=O)Cc1cnc2c(OC)c([N+](=O)[O-])ccc2c1. The Hall–Kier alpha value is -2.74. The molecule has 0 unspecified atom stereocenters. The molecule has 0 saturated carbocycles. The van der Waals surface area contributed by atoms with Gasteiger partial charge in [0.05, 0.1) is 12.0 Å². The Morgan fingerprint density at radius 3 is 2.88 bits per heavy atom. The number of rotatable bonds is 9. The van der Waals surface area contributed by atoms with Crippen LogP contribution in [0.2, 0.25) is 0 Å². The number of nitrogens with zero attached hydrogens (tertiary/aromatic N) is 3. The molecule has 128 valence electrons. The lowest BCUT2D eigenvalue weighted by atomic mass is 10.1. The molecule has 2 aromatic rings. The molecule has 8 nitrogen and oxygen atoms in total. The van der Waals surface area contributed by atoms with Gasteiger partial charge in [-0.05, 0) is 24.2 Å². The highest BCUT2D eigenvalue weighted by Gasteiger charge is 2.19. The predicted molar refractivity (Wildman–Crippen MR) is 90.0 cm³/mol. The second kappa shape index (κ2) is 8.21. The van der Waals surface area contributed by atoms with Gasteiger partial charge in [0.2, 0.25) is 12.2 Å². The molecule has 1 aromatic carbocycles. The van der Waals surface area contributed by atoms with Gasteiger partial charge in [-0.15, -0.1) is 0 Å². The minimum Gasteiger partial charge on any atom is -0.489 e. The molecule has 1 aromatic heterocycles. The number of likely N-dealkylation sites (N-methyl/N-ethyl adjacent to an activating group) is 1. The van der Waals surface area contributed by atoms with E-state index in [1.165, 1.54) is 13.2 Å². The van der Waals surface area contributed by atoms with Gasteiger partial charge in [0, 0.05) is 37.3 Å². The molecule has 0 bridgehead atoms. The van der Waals surface area contributed by atoms with E-state index in [-0.39, 0.29) is 11.4 Å². The van der Waals surface area contributed by atoms with Crippen molar-refractivity contribution < 1.29 is 14.5 Å². The molecule has 1 heterocycles. The Labute approximate surface area is 139 Å². The van der Waals surface area contributed by atoms with Gasteiger partial charge < -0.3 is 10.1 Å². The molecular formula is C16H20N4O4. The second-order valence-electron chi connectivity index (χ2n) is 5.23. The molecule has 2 rings (SSSR count). The van der Waals surface area contributed by atoms with Crippen LogP contribution >= 0.6 is 0 Å². The number of amides is 1. The second-order valence-corrected chi connectivity index (χ2v) is 5.23. The molecule has 0 aliphatic rings. The van der Waals surface area contributed by atoms with Gasteiger partial charge >= 0.3 is 5.69 Å². The summed E-state index contributed by atoms with van der Waals surface area (Å²) in [6, 6.07) is 5.05. The number of ether oxygens (including phenoxy) is 1. The first kappa shape index (κ1) is 17.6. The van der Waals surface area contributed by atoms with E-state index in [0.29, 0.717) is 25.0 Å². The Morgan fingerprint density at radius 2 is 2.25 bits per heavy atom. The number of nitrogens with one attached hydrogen (secondary N) is 1. The van der Waals surface area contributed by atoms with E-state index < -0.39 is 4.92 Å². The van der Waals surface area contributed by atoms with Gasteiger partial charge in [-0.25, -0.2) is 0 Å². The highest BCUT2D eigenvalue weighted by molar-refractivity contribution is 5.88. The van der Waals surface area contributed by atoms with Crippen LogP contribution in [0.3, 0.4) is 0 Å². The monoisotopic (exact) mass is 332 g/mol. The van der Waals surface area contributed by atoms with E-state index in [0.717, 1.165) is 24.0 Å². The third-order valence-electron chi connectivity index (χ3n) is 3.75. The molecule has 0 atom stereocenters. The van der Waals surface area contributed by atoms with Crippen LogP contribution in [-0.4, -0.2) is 48.0 Å². The minimum absolute atomic E-state index is 0.0969. The fourth-order valence-electron chi connectivity index (χ4n) is 2.53. The van der Waals surface area contributed by atoms with Crippen molar-refractivity contribution in [1.82, 2.24) is 15.2 Å². The number of pyridine rings is 1. The van der Waals surface area contributed by atoms with E-state index in [2.05, 4.69) is 15.2 Å². The first-order valence-corrected chi connectivity index (χ1v) is 7.60. The summed E-state index contributed by atoms with van der Waals surface area (Å²) in [5.41, 5.74) is 1.37. The zero-order chi connectivity index (χ0) is 17.5. The number of hydrogen-bond acceptors (Lipinski definition) is 6. The zero-order valence-corrected chi connectivity index (χ0v) is 13.7. The lowest BCUT2D eigenvalue weighted by Crippen LogP contribution is -2.31. The van der Waals surface area contributed by atoms with Crippen LogP contribution in [0.15, 0.2) is 24.4 Å². The van der Waals surface area contributed by atoms with Crippen molar-refractivity contribution in [2.45, 2.75) is 13.5 Å². The van der Waals surface area contributed by atoms with Gasteiger partial charge in [-0.2, -0.15) is 0 Å². The smallest absolute Gasteiger partial charge is 0.313 e. The third kappa shape index (κ3) is 3.96. The van der Waals surface area contributed by atoms with Crippen LogP contribution in [0.5, 0.6) is 5.75 Å². The van der Waals surface area contributed by atoms with E-state index >= 15 is 0 Å². The Balaban J connectivity index is 2.26. The Bertz CT molecular complexity index is 735. The first-order chi connectivity index (χ1) is 11.6. The van der Waals surface area contributed by atoms with Crippen molar-refractivity contribution in [3.8, 4) is 5.75 Å². The molecule has 0 spiro atoms. The number of fused-ring (bicyclic) bond motifs is 1. The summed E-state index contributed by atoms with van der Waals surface area (Å²) < 4.78 is 5.17. The Morgan fingerprint density at radius 1 is 1.46 bits per heavy atom. The Kier molecular flexibility index (Phi) is 6.02. The van der Waals surface area contributed by atoms with Crippen LogP contribution in [0.25, 0.3) is 10.9 Å². The quantitative estimate of drug-likeness (QED) is 0.325. The van der Waals surface area contributed by atoms with Gasteiger partial charge in [-0.3, -0.25) is 24.8 Å². The zero-order valence-electron chi connectivity index (χ0n) is 13.7. The number of nitro groups is 1. The summed E-state index contributed by atoms with van der Waals surface area (Å²) in [7, 11) is 1.40. The summed E-state index contributed by atoms with van der Waals surface area (Å²) in [6.07, 6.45) is 2.38. The number of nitro benzene ring substituents is 1. The fourth-order valence-corrected chi connectivity index (χ4v) is 2.53. The summed E-state index contributed by atoms with van der Waals surface area (Å²) in [6.45, 7) is 4.87. The van der Waals surface area contributed by atoms with Crippen LogP contribution in [0.4, 0.5) is 5.69 Å². The molecule has 0 radical (unpaired) electrons. The normalized spacial score (nSPS) is 10.8. The van der Waals surface area contributed by atoms with Crippen LogP contribution in [0.1, 0.15) is 12.5 Å². The maximum absolute atomic E-state index is 11.1. The average molecular weight is 332 g/mol. The highest BCUT2D eigenvalue weighted by atomic mass is 16.6. The minimum atomic E-state index is -0.479. The highest BCUT2D eigenvalue weighted by Crippen LogP contribution is 2.34. The lowest BCUT2D eigenvalue weighted by molar-refractivity contribution is -0.385. The van der Waals surface area contributed by atoms with E-state index in [4.69, 9.17) is 4.74 Å². The number of hydrogen-bond donors (Lipinski definition) is 1. The number of aromatic nitrogens is 1. The van der Waals surface area contributed by atoms with E-state index in [1.54, 1.807) is 12.3 Å². The summed E-state index contributed by atoms with van der Waals surface area (Å²) in [5, 5.41) is 14.5. The molecule has 1 N–H and O–H groups in total. The lowest BCUT2D eigenvalue weighted by Gasteiger charge is -2.20. The average Bonchev–Trinajstić information content (AvgIpc) is 2.59. The van der Waals surface area contributed by atoms with Crippen LogP contribution in [-0.2, 0) is 11.3 Å². The van der Waals surface area contributed by atoms with E-state index in [9.17, 15) is 14.9 Å². The molecule has 0 aliphatic carbocycles. The van der Waals surface area contributed by atoms with Crippen molar-refractivity contribution in [3.05, 3.63) is 40.1 Å². The fraction of sp³-hybridized carbons (Fsp3) is 0.375. The summed E-state index contributed by atoms with van der Waals surface area (Å²) >= 11 is 0. The van der Waals surface area contributed by atoms with Crippen molar-refractivity contribution in [2.75, 3.05) is 26.7 Å². The van der Waals surface area contributed by atoms with Crippen LogP contribution in [0, 0.1) is 10.1 Å². The van der Waals surface area contributed by atoms with Crippen molar-refractivity contribution >= 4 is 23.0 Å². The van der Waals surface area contributed by atoms with E-state index in [1.807, 2.05) is 13.0 Å². The molecule has 0 fully saturated rings. The van der Waals surface area contributed by atoms with Gasteiger partial charge in [0.15, 0.2) is 0 Å². The summed E-state index contributed by atoms with van der Waals surface area (Å²) in [4.78, 5) is 27.4. The number of carbonyl (C=O) groups is 1. The molecule has 0 saturated heterocycles. The molecular weight excluding hydrogens is 312 g/mol. The number of carbonyl (C=O) groups excluding carboxylic acids is 1.